The Kier molecular flexibility index (Phi) is 5.78. The fourth-order valence-corrected chi connectivity index (χ4v) is 1.66. The van der Waals surface area contributed by atoms with Crippen LogP contribution in [0.3, 0.4) is 0 Å². The van der Waals surface area contributed by atoms with Gasteiger partial charge in [-0.3, -0.25) is 4.84 Å². The lowest BCUT2D eigenvalue weighted by Crippen LogP contribution is -2.38. The SMILES string of the molecule is CCON(CCc1cccc(C(F)(F)F)c1)N(C)C. The number of hydrogen-bond acceptors (Lipinski definition) is 3. The van der Waals surface area contributed by atoms with Gasteiger partial charge in [-0.1, -0.05) is 18.2 Å². The molecule has 0 saturated carbocycles. The first-order valence-electron chi connectivity index (χ1n) is 6.08. The molecule has 0 fully saturated rings. The topological polar surface area (TPSA) is 15.7 Å². The highest BCUT2D eigenvalue weighted by atomic mass is 19.4. The smallest absolute Gasteiger partial charge is 0.284 e. The van der Waals surface area contributed by atoms with Crippen molar-refractivity contribution < 1.29 is 18.0 Å². The van der Waals surface area contributed by atoms with Crippen LogP contribution in [0.25, 0.3) is 0 Å². The largest absolute Gasteiger partial charge is 0.416 e. The molecular formula is C13H19F3N2O. The standard InChI is InChI=1S/C13H19F3N2O/c1-4-19-18(17(2)3)9-8-11-6-5-7-12(10-11)13(14,15)16/h5-7,10H,4,8-9H2,1-3H3. The van der Waals surface area contributed by atoms with Gasteiger partial charge in [0, 0.05) is 20.6 Å². The highest BCUT2D eigenvalue weighted by molar-refractivity contribution is 5.25. The number of alkyl halides is 3. The number of halogens is 3. The molecular weight excluding hydrogens is 257 g/mol. The molecule has 0 aliphatic carbocycles. The third kappa shape index (κ3) is 5.18. The van der Waals surface area contributed by atoms with Crippen LogP contribution in [0.5, 0.6) is 0 Å². The summed E-state index contributed by atoms with van der Waals surface area (Å²) >= 11 is 0. The van der Waals surface area contributed by atoms with E-state index in [4.69, 9.17) is 4.84 Å². The predicted molar refractivity (Wildman–Crippen MR) is 67.2 cm³/mol. The molecule has 6 heteroatoms. The second-order valence-corrected chi connectivity index (χ2v) is 4.29. The van der Waals surface area contributed by atoms with Gasteiger partial charge >= 0.3 is 6.18 Å². The average Bonchev–Trinajstić information content (AvgIpc) is 2.33. The van der Waals surface area contributed by atoms with E-state index in [9.17, 15) is 13.2 Å². The summed E-state index contributed by atoms with van der Waals surface area (Å²) in [5.74, 6) is 0. The summed E-state index contributed by atoms with van der Waals surface area (Å²) in [5.41, 5.74) is 0.0270. The van der Waals surface area contributed by atoms with Crippen LogP contribution in [-0.2, 0) is 17.4 Å². The number of hydrazine groups is 1. The second-order valence-electron chi connectivity index (χ2n) is 4.29. The van der Waals surface area contributed by atoms with E-state index in [0.29, 0.717) is 25.1 Å². The van der Waals surface area contributed by atoms with E-state index in [1.165, 1.54) is 12.1 Å². The van der Waals surface area contributed by atoms with Gasteiger partial charge in [-0.25, -0.2) is 5.01 Å². The van der Waals surface area contributed by atoms with Crippen LogP contribution in [0.4, 0.5) is 13.2 Å². The van der Waals surface area contributed by atoms with Gasteiger partial charge in [-0.15, -0.1) is 5.17 Å². The first kappa shape index (κ1) is 15.9. The zero-order valence-electron chi connectivity index (χ0n) is 11.4. The van der Waals surface area contributed by atoms with E-state index < -0.39 is 11.7 Å². The Hall–Kier alpha value is -1.11. The Morgan fingerprint density at radius 3 is 2.42 bits per heavy atom. The van der Waals surface area contributed by atoms with Gasteiger partial charge in [0.15, 0.2) is 0 Å². The number of nitrogens with zero attached hydrogens (tertiary/aromatic N) is 2. The van der Waals surface area contributed by atoms with Crippen molar-refractivity contribution in [3.8, 4) is 0 Å². The van der Waals surface area contributed by atoms with E-state index >= 15 is 0 Å². The van der Waals surface area contributed by atoms with Crippen molar-refractivity contribution >= 4 is 0 Å². The van der Waals surface area contributed by atoms with Crippen molar-refractivity contribution in [2.45, 2.75) is 19.5 Å². The Morgan fingerprint density at radius 2 is 1.89 bits per heavy atom. The number of hydrogen-bond donors (Lipinski definition) is 0. The molecule has 0 aliphatic heterocycles. The van der Waals surface area contributed by atoms with Gasteiger partial charge in [0.25, 0.3) is 0 Å². The Labute approximate surface area is 111 Å². The summed E-state index contributed by atoms with van der Waals surface area (Å²) in [6, 6.07) is 5.38. The van der Waals surface area contributed by atoms with Crippen molar-refractivity contribution in [2.75, 3.05) is 27.2 Å². The van der Waals surface area contributed by atoms with Crippen molar-refractivity contribution in [2.24, 2.45) is 0 Å². The van der Waals surface area contributed by atoms with Crippen LogP contribution in [0.2, 0.25) is 0 Å². The summed E-state index contributed by atoms with van der Waals surface area (Å²) in [5, 5.41) is 3.39. The maximum absolute atomic E-state index is 12.6. The normalized spacial score (nSPS) is 12.4. The number of benzene rings is 1. The van der Waals surface area contributed by atoms with E-state index in [1.54, 1.807) is 16.2 Å². The molecule has 1 aromatic carbocycles. The van der Waals surface area contributed by atoms with Crippen LogP contribution < -0.4 is 0 Å². The minimum Gasteiger partial charge on any atom is -0.284 e. The van der Waals surface area contributed by atoms with Gasteiger partial charge in [0.1, 0.15) is 0 Å². The molecule has 1 rings (SSSR count). The summed E-state index contributed by atoms with van der Waals surface area (Å²) in [6.45, 7) is 2.88. The Morgan fingerprint density at radius 1 is 1.21 bits per heavy atom. The third-order valence-electron chi connectivity index (χ3n) is 2.57. The van der Waals surface area contributed by atoms with Gasteiger partial charge in [-0.05, 0) is 25.0 Å². The number of hydroxylamine groups is 1. The van der Waals surface area contributed by atoms with Crippen LogP contribution >= 0.6 is 0 Å². The number of rotatable bonds is 6. The molecule has 0 amide bonds. The molecule has 0 unspecified atom stereocenters. The molecule has 0 aliphatic rings. The molecule has 0 bridgehead atoms. The van der Waals surface area contributed by atoms with Gasteiger partial charge in [0.2, 0.25) is 0 Å². The molecule has 0 spiro atoms. The van der Waals surface area contributed by atoms with Gasteiger partial charge in [0.05, 0.1) is 12.2 Å². The summed E-state index contributed by atoms with van der Waals surface area (Å²) in [6.07, 6.45) is -3.81. The first-order valence-corrected chi connectivity index (χ1v) is 6.08. The third-order valence-corrected chi connectivity index (χ3v) is 2.57. The molecule has 0 heterocycles. The monoisotopic (exact) mass is 276 g/mol. The Balaban J connectivity index is 2.67. The van der Waals surface area contributed by atoms with Gasteiger partial charge in [-0.2, -0.15) is 13.2 Å². The van der Waals surface area contributed by atoms with E-state index in [0.717, 1.165) is 6.07 Å². The maximum Gasteiger partial charge on any atom is 0.416 e. The highest BCUT2D eigenvalue weighted by Gasteiger charge is 2.30. The van der Waals surface area contributed by atoms with Crippen LogP contribution in [0.1, 0.15) is 18.1 Å². The fraction of sp³-hybridized carbons (Fsp3) is 0.538. The molecule has 3 nitrogen and oxygen atoms in total. The first-order chi connectivity index (χ1) is 8.84. The molecule has 0 atom stereocenters. The predicted octanol–water partition coefficient (Wildman–Crippen LogP) is 2.98. The van der Waals surface area contributed by atoms with Crippen molar-refractivity contribution in [1.82, 2.24) is 10.2 Å². The molecule has 1 aromatic rings. The highest BCUT2D eigenvalue weighted by Crippen LogP contribution is 2.29. The maximum atomic E-state index is 12.6. The quantitative estimate of drug-likeness (QED) is 0.743. The van der Waals surface area contributed by atoms with E-state index in [2.05, 4.69) is 0 Å². The molecule has 0 radical (unpaired) electrons. The lowest BCUT2D eigenvalue weighted by molar-refractivity contribution is -0.264. The van der Waals surface area contributed by atoms with Crippen LogP contribution in [0, 0.1) is 0 Å². The van der Waals surface area contributed by atoms with Gasteiger partial charge < -0.3 is 0 Å². The van der Waals surface area contributed by atoms with Crippen molar-refractivity contribution in [3.63, 3.8) is 0 Å². The van der Waals surface area contributed by atoms with Crippen molar-refractivity contribution in [3.05, 3.63) is 35.4 Å². The lowest BCUT2D eigenvalue weighted by Gasteiger charge is -2.27. The molecule has 0 aromatic heterocycles. The lowest BCUT2D eigenvalue weighted by atomic mass is 10.1. The van der Waals surface area contributed by atoms with Crippen molar-refractivity contribution in [1.29, 1.82) is 0 Å². The molecule has 0 N–H and O–H groups in total. The summed E-state index contributed by atoms with van der Waals surface area (Å²) < 4.78 is 37.7. The second kappa shape index (κ2) is 6.88. The minimum atomic E-state index is -4.29. The summed E-state index contributed by atoms with van der Waals surface area (Å²) in [4.78, 5) is 5.36. The zero-order valence-corrected chi connectivity index (χ0v) is 11.4. The van der Waals surface area contributed by atoms with E-state index in [1.807, 2.05) is 21.0 Å². The zero-order chi connectivity index (χ0) is 14.5. The molecule has 108 valence electrons. The Bertz CT molecular complexity index is 394. The minimum absolute atomic E-state index is 0.488. The average molecular weight is 276 g/mol. The molecule has 0 saturated heterocycles. The van der Waals surface area contributed by atoms with E-state index in [-0.39, 0.29) is 0 Å². The molecule has 19 heavy (non-hydrogen) atoms. The fourth-order valence-electron chi connectivity index (χ4n) is 1.66. The van der Waals surface area contributed by atoms with Crippen LogP contribution in [0.15, 0.2) is 24.3 Å². The van der Waals surface area contributed by atoms with Crippen LogP contribution in [-0.4, -0.2) is 37.4 Å². The summed E-state index contributed by atoms with van der Waals surface area (Å²) in [7, 11) is 3.64.